The topological polar surface area (TPSA) is 83.2 Å². The highest BCUT2D eigenvalue weighted by Gasteiger charge is 2.25. The van der Waals surface area contributed by atoms with E-state index in [2.05, 4.69) is 22.1 Å². The van der Waals surface area contributed by atoms with Crippen molar-refractivity contribution in [3.05, 3.63) is 0 Å². The molecule has 0 saturated carbocycles. The summed E-state index contributed by atoms with van der Waals surface area (Å²) in [4.78, 5) is 20.3. The van der Waals surface area contributed by atoms with Crippen LogP contribution < -0.4 is 11.1 Å². The molecule has 1 aliphatic heterocycles. The van der Waals surface area contributed by atoms with Crippen LogP contribution in [-0.4, -0.2) is 73.3 Å². The molecular weight excluding hydrogens is 421 g/mol. The SMILES string of the molecule is CCCCN=C(N)NCCN1CCN(C(=O)OC(C)(C)C)CC1.I. The molecule has 0 atom stereocenters. The Hall–Kier alpha value is -0.770. The van der Waals surface area contributed by atoms with Gasteiger partial charge >= 0.3 is 6.09 Å². The molecule has 24 heavy (non-hydrogen) atoms. The van der Waals surface area contributed by atoms with Crippen LogP contribution in [0.4, 0.5) is 4.79 Å². The molecule has 1 amide bonds. The maximum Gasteiger partial charge on any atom is 0.410 e. The Morgan fingerprint density at radius 1 is 1.25 bits per heavy atom. The van der Waals surface area contributed by atoms with Crippen LogP contribution in [0.1, 0.15) is 40.5 Å². The number of aliphatic imine (C=N–C) groups is 1. The summed E-state index contributed by atoms with van der Waals surface area (Å²) in [7, 11) is 0. The number of halogens is 1. The molecule has 0 aromatic heterocycles. The minimum absolute atomic E-state index is 0. The zero-order valence-electron chi connectivity index (χ0n) is 15.5. The van der Waals surface area contributed by atoms with Gasteiger partial charge in [0.2, 0.25) is 0 Å². The van der Waals surface area contributed by atoms with Crippen molar-refractivity contribution in [2.45, 2.75) is 46.1 Å². The Balaban J connectivity index is 0.00000529. The molecule has 3 N–H and O–H groups in total. The fraction of sp³-hybridized carbons (Fsp3) is 0.875. The van der Waals surface area contributed by atoms with Crippen LogP contribution >= 0.6 is 24.0 Å². The average Bonchev–Trinajstić information content (AvgIpc) is 2.46. The van der Waals surface area contributed by atoms with E-state index in [4.69, 9.17) is 10.5 Å². The van der Waals surface area contributed by atoms with Crippen molar-refractivity contribution in [1.82, 2.24) is 15.1 Å². The summed E-state index contributed by atoms with van der Waals surface area (Å²) in [5.74, 6) is 0.519. The lowest BCUT2D eigenvalue weighted by atomic mass is 10.2. The summed E-state index contributed by atoms with van der Waals surface area (Å²) in [5, 5.41) is 3.13. The molecular formula is C16H34IN5O2. The Morgan fingerprint density at radius 2 is 1.88 bits per heavy atom. The van der Waals surface area contributed by atoms with E-state index in [0.29, 0.717) is 19.0 Å². The Bertz CT molecular complexity index is 390. The Labute approximate surface area is 163 Å². The standard InChI is InChI=1S/C16H33N5O2.HI/c1-5-6-7-18-14(17)19-8-9-20-10-12-21(13-11-20)15(22)23-16(2,3)4;/h5-13H2,1-4H3,(H3,17,18,19);1H. The van der Waals surface area contributed by atoms with Gasteiger partial charge in [-0.15, -0.1) is 24.0 Å². The third-order valence-electron chi connectivity index (χ3n) is 3.55. The van der Waals surface area contributed by atoms with Gasteiger partial charge in [0, 0.05) is 45.8 Å². The minimum atomic E-state index is -0.438. The number of piperazine rings is 1. The predicted octanol–water partition coefficient (Wildman–Crippen LogP) is 1.86. The average molecular weight is 455 g/mol. The van der Waals surface area contributed by atoms with Crippen LogP contribution in [0.2, 0.25) is 0 Å². The second-order valence-corrected chi connectivity index (χ2v) is 6.86. The summed E-state index contributed by atoms with van der Waals surface area (Å²) in [6, 6.07) is 0. The second-order valence-electron chi connectivity index (χ2n) is 6.86. The molecule has 0 aromatic rings. The van der Waals surface area contributed by atoms with Crippen LogP contribution in [-0.2, 0) is 4.74 Å². The van der Waals surface area contributed by atoms with Gasteiger partial charge in [-0.2, -0.15) is 0 Å². The van der Waals surface area contributed by atoms with Gasteiger partial charge in [0.25, 0.3) is 0 Å². The number of guanidine groups is 1. The highest BCUT2D eigenvalue weighted by atomic mass is 127. The number of carbonyl (C=O) groups is 1. The summed E-state index contributed by atoms with van der Waals surface area (Å²) >= 11 is 0. The largest absolute Gasteiger partial charge is 0.444 e. The number of hydrogen-bond donors (Lipinski definition) is 2. The molecule has 0 radical (unpaired) electrons. The molecule has 1 aliphatic rings. The molecule has 0 aliphatic carbocycles. The van der Waals surface area contributed by atoms with Crippen molar-refractivity contribution in [2.75, 3.05) is 45.8 Å². The molecule has 0 aromatic carbocycles. The molecule has 7 nitrogen and oxygen atoms in total. The zero-order chi connectivity index (χ0) is 17.3. The highest BCUT2D eigenvalue weighted by Crippen LogP contribution is 2.11. The fourth-order valence-electron chi connectivity index (χ4n) is 2.24. The third kappa shape index (κ3) is 10.2. The van der Waals surface area contributed by atoms with E-state index >= 15 is 0 Å². The maximum atomic E-state index is 12.0. The van der Waals surface area contributed by atoms with Crippen LogP contribution in [0.15, 0.2) is 4.99 Å². The molecule has 0 unspecified atom stereocenters. The molecule has 0 spiro atoms. The monoisotopic (exact) mass is 455 g/mol. The molecule has 1 saturated heterocycles. The lowest BCUT2D eigenvalue weighted by Gasteiger charge is -2.35. The van der Waals surface area contributed by atoms with Gasteiger partial charge in [0.1, 0.15) is 5.60 Å². The summed E-state index contributed by atoms with van der Waals surface area (Å²) < 4.78 is 5.40. The molecule has 1 heterocycles. The van der Waals surface area contributed by atoms with Crippen molar-refractivity contribution >= 4 is 36.0 Å². The Morgan fingerprint density at radius 3 is 2.42 bits per heavy atom. The van der Waals surface area contributed by atoms with Gasteiger partial charge in [-0.3, -0.25) is 9.89 Å². The number of nitrogens with two attached hydrogens (primary N) is 1. The van der Waals surface area contributed by atoms with Crippen LogP contribution in [0.5, 0.6) is 0 Å². The van der Waals surface area contributed by atoms with Gasteiger partial charge in [0.15, 0.2) is 5.96 Å². The lowest BCUT2D eigenvalue weighted by molar-refractivity contribution is 0.0147. The van der Waals surface area contributed by atoms with Crippen molar-refractivity contribution in [1.29, 1.82) is 0 Å². The van der Waals surface area contributed by atoms with E-state index in [1.165, 1.54) is 0 Å². The van der Waals surface area contributed by atoms with Gasteiger partial charge in [0.05, 0.1) is 0 Å². The summed E-state index contributed by atoms with van der Waals surface area (Å²) in [6.45, 7) is 13.4. The number of ether oxygens (including phenoxy) is 1. The number of nitrogens with one attached hydrogen (secondary N) is 1. The number of amides is 1. The van der Waals surface area contributed by atoms with Crippen molar-refractivity contribution in [3.63, 3.8) is 0 Å². The van der Waals surface area contributed by atoms with E-state index in [9.17, 15) is 4.79 Å². The van der Waals surface area contributed by atoms with Crippen LogP contribution in [0, 0.1) is 0 Å². The van der Waals surface area contributed by atoms with Gasteiger partial charge in [-0.25, -0.2) is 4.79 Å². The van der Waals surface area contributed by atoms with Crippen LogP contribution in [0.25, 0.3) is 0 Å². The van der Waals surface area contributed by atoms with E-state index < -0.39 is 5.60 Å². The first kappa shape index (κ1) is 23.2. The van der Waals surface area contributed by atoms with E-state index in [1.54, 1.807) is 4.90 Å². The normalized spacial score (nSPS) is 16.5. The lowest BCUT2D eigenvalue weighted by Crippen LogP contribution is -2.51. The quantitative estimate of drug-likeness (QED) is 0.277. The second kappa shape index (κ2) is 11.7. The molecule has 142 valence electrons. The molecule has 8 heteroatoms. The van der Waals surface area contributed by atoms with Crippen molar-refractivity contribution in [3.8, 4) is 0 Å². The highest BCUT2D eigenvalue weighted by molar-refractivity contribution is 14.0. The van der Waals surface area contributed by atoms with E-state index in [-0.39, 0.29) is 30.1 Å². The summed E-state index contributed by atoms with van der Waals surface area (Å²) in [6.07, 6.45) is 1.97. The van der Waals surface area contributed by atoms with Gasteiger partial charge in [-0.05, 0) is 27.2 Å². The first-order valence-electron chi connectivity index (χ1n) is 8.56. The van der Waals surface area contributed by atoms with E-state index in [0.717, 1.165) is 45.6 Å². The molecule has 1 rings (SSSR count). The number of nitrogens with zero attached hydrogens (tertiary/aromatic N) is 3. The van der Waals surface area contributed by atoms with Gasteiger partial charge < -0.3 is 20.7 Å². The van der Waals surface area contributed by atoms with E-state index in [1.807, 2.05) is 20.8 Å². The number of unbranched alkanes of at least 4 members (excludes halogenated alkanes) is 1. The van der Waals surface area contributed by atoms with Crippen molar-refractivity contribution < 1.29 is 9.53 Å². The number of rotatable bonds is 6. The third-order valence-corrected chi connectivity index (χ3v) is 3.55. The number of hydrogen-bond acceptors (Lipinski definition) is 4. The maximum absolute atomic E-state index is 12.0. The minimum Gasteiger partial charge on any atom is -0.444 e. The first-order chi connectivity index (χ1) is 10.8. The first-order valence-corrected chi connectivity index (χ1v) is 8.56. The van der Waals surface area contributed by atoms with Gasteiger partial charge in [-0.1, -0.05) is 13.3 Å². The smallest absolute Gasteiger partial charge is 0.410 e. The Kier molecular flexibility index (Phi) is 11.4. The zero-order valence-corrected chi connectivity index (χ0v) is 17.8. The number of carbonyl (C=O) groups excluding carboxylic acids is 1. The van der Waals surface area contributed by atoms with Crippen LogP contribution in [0.3, 0.4) is 0 Å². The molecule has 1 fully saturated rings. The summed E-state index contributed by atoms with van der Waals surface area (Å²) in [5.41, 5.74) is 5.36. The van der Waals surface area contributed by atoms with Crippen molar-refractivity contribution in [2.24, 2.45) is 10.7 Å². The predicted molar refractivity (Wildman–Crippen MR) is 109 cm³/mol. The fourth-order valence-corrected chi connectivity index (χ4v) is 2.24. The molecule has 0 bridgehead atoms.